The molecule has 1 aliphatic rings. The normalized spacial score (nSPS) is 18.7. The molecule has 146 valence electrons. The molecule has 1 fully saturated rings. The molecule has 1 unspecified atom stereocenters. The Hall–Kier alpha value is -2.33. The fourth-order valence-corrected chi connectivity index (χ4v) is 3.62. The van der Waals surface area contributed by atoms with Crippen LogP contribution in [0.4, 0.5) is 0 Å². The third kappa shape index (κ3) is 5.35. The van der Waals surface area contributed by atoms with Crippen molar-refractivity contribution in [3.05, 3.63) is 59.7 Å². The van der Waals surface area contributed by atoms with Gasteiger partial charge >= 0.3 is 0 Å². The van der Waals surface area contributed by atoms with Crippen molar-refractivity contribution < 1.29 is 4.79 Å². The van der Waals surface area contributed by atoms with Crippen molar-refractivity contribution in [3.63, 3.8) is 0 Å². The molecule has 6 heteroatoms. The number of nitrogens with two attached hydrogens (primary N) is 1. The van der Waals surface area contributed by atoms with E-state index in [1.807, 2.05) is 48.5 Å². The number of rotatable bonds is 6. The molecule has 1 saturated heterocycles. The maximum absolute atomic E-state index is 12.5. The number of benzene rings is 2. The van der Waals surface area contributed by atoms with Crippen molar-refractivity contribution in [2.45, 2.75) is 43.1 Å². The van der Waals surface area contributed by atoms with E-state index < -0.39 is 5.37 Å². The van der Waals surface area contributed by atoms with Gasteiger partial charge in [0, 0.05) is 0 Å². The molecule has 1 aliphatic heterocycles. The van der Waals surface area contributed by atoms with Gasteiger partial charge in [-0.3, -0.25) is 4.79 Å². The van der Waals surface area contributed by atoms with Crippen LogP contribution >= 0.6 is 12.6 Å². The lowest BCUT2D eigenvalue weighted by atomic mass is 9.99. The van der Waals surface area contributed by atoms with E-state index >= 15 is 0 Å². The third-order valence-electron chi connectivity index (χ3n) is 5.12. The molecule has 4 N–H and O–H groups in total. The zero-order valence-electron chi connectivity index (χ0n) is 15.8. The van der Waals surface area contributed by atoms with E-state index in [0.29, 0.717) is 12.0 Å². The number of piperidine rings is 1. The fourth-order valence-electron chi connectivity index (χ4n) is 3.44. The summed E-state index contributed by atoms with van der Waals surface area (Å²) in [6.07, 6.45) is 3.67. The number of nitriles is 1. The summed E-state index contributed by atoms with van der Waals surface area (Å²) in [5.74, 6) is 0.00315. The zero-order valence-corrected chi connectivity index (χ0v) is 16.7. The predicted octanol–water partition coefficient (Wildman–Crippen LogP) is 2.61. The van der Waals surface area contributed by atoms with Crippen LogP contribution in [0, 0.1) is 11.3 Å². The molecule has 0 saturated carbocycles. The number of nitrogens with one attached hydrogen (secondary N) is 2. The largest absolute Gasteiger partial charge is 0.349 e. The van der Waals surface area contributed by atoms with Crippen molar-refractivity contribution in [1.82, 2.24) is 10.6 Å². The summed E-state index contributed by atoms with van der Waals surface area (Å²) in [5.41, 5.74) is 9.89. The molecule has 0 bridgehead atoms. The van der Waals surface area contributed by atoms with Crippen LogP contribution in [0.1, 0.15) is 30.4 Å². The summed E-state index contributed by atoms with van der Waals surface area (Å²) in [6, 6.07) is 17.4. The molecule has 2 aromatic carbocycles. The Labute approximate surface area is 171 Å². The smallest absolute Gasteiger partial charge is 0.237 e. The minimum absolute atomic E-state index is 0.00315. The number of amides is 1. The van der Waals surface area contributed by atoms with Crippen molar-refractivity contribution in [1.29, 1.82) is 5.26 Å². The van der Waals surface area contributed by atoms with Crippen molar-refractivity contribution in [3.8, 4) is 17.2 Å². The van der Waals surface area contributed by atoms with Gasteiger partial charge in [-0.15, -0.1) is 0 Å². The van der Waals surface area contributed by atoms with Crippen LogP contribution in [0.15, 0.2) is 48.5 Å². The molecule has 1 heterocycles. The zero-order chi connectivity index (χ0) is 19.9. The van der Waals surface area contributed by atoms with E-state index in [9.17, 15) is 4.79 Å². The van der Waals surface area contributed by atoms with Gasteiger partial charge in [-0.2, -0.15) is 17.9 Å². The number of hydrogen-bond donors (Lipinski definition) is 4. The SMILES string of the molecule is N#Cc1ccc(-c2ccc(C[C@H](NC(=O)[C@@H]3CCCCN3)C(N)S)cc2)cc1. The summed E-state index contributed by atoms with van der Waals surface area (Å²) in [4.78, 5) is 12.5. The summed E-state index contributed by atoms with van der Waals surface area (Å²) in [5, 5.41) is 14.8. The van der Waals surface area contributed by atoms with E-state index in [-0.39, 0.29) is 18.0 Å². The lowest BCUT2D eigenvalue weighted by Gasteiger charge is -2.27. The quantitative estimate of drug-likeness (QED) is 0.448. The molecule has 3 rings (SSSR count). The summed E-state index contributed by atoms with van der Waals surface area (Å²) >= 11 is 4.37. The Morgan fingerprint density at radius 2 is 1.82 bits per heavy atom. The van der Waals surface area contributed by atoms with Gasteiger partial charge in [0.05, 0.1) is 29.1 Å². The van der Waals surface area contributed by atoms with E-state index in [2.05, 4.69) is 29.3 Å². The van der Waals surface area contributed by atoms with E-state index in [1.54, 1.807) is 0 Å². The number of carbonyl (C=O) groups is 1. The number of carbonyl (C=O) groups excluding carboxylic acids is 1. The maximum Gasteiger partial charge on any atom is 0.237 e. The van der Waals surface area contributed by atoms with E-state index in [0.717, 1.165) is 42.5 Å². The van der Waals surface area contributed by atoms with Gasteiger partial charge in [-0.05, 0) is 54.6 Å². The van der Waals surface area contributed by atoms with Crippen LogP contribution in [-0.4, -0.2) is 29.9 Å². The van der Waals surface area contributed by atoms with Gasteiger partial charge in [-0.25, -0.2) is 0 Å². The van der Waals surface area contributed by atoms with Crippen molar-refractivity contribution >= 4 is 18.5 Å². The molecule has 1 amide bonds. The second-order valence-electron chi connectivity index (χ2n) is 7.20. The first-order valence-corrected chi connectivity index (χ1v) is 10.2. The van der Waals surface area contributed by atoms with Crippen LogP contribution in [0.2, 0.25) is 0 Å². The molecule has 2 aromatic rings. The Kier molecular flexibility index (Phi) is 7.10. The highest BCUT2D eigenvalue weighted by atomic mass is 32.1. The van der Waals surface area contributed by atoms with Crippen LogP contribution in [0.25, 0.3) is 11.1 Å². The van der Waals surface area contributed by atoms with Gasteiger partial charge in [0.25, 0.3) is 0 Å². The molecular formula is C22H26N4OS. The van der Waals surface area contributed by atoms with Crippen LogP contribution in [0.5, 0.6) is 0 Å². The average Bonchev–Trinajstić information content (AvgIpc) is 2.74. The monoisotopic (exact) mass is 394 g/mol. The number of hydrogen-bond acceptors (Lipinski definition) is 5. The summed E-state index contributed by atoms with van der Waals surface area (Å²) in [7, 11) is 0. The average molecular weight is 395 g/mol. The maximum atomic E-state index is 12.5. The molecule has 3 atom stereocenters. The fraction of sp³-hybridized carbons (Fsp3) is 0.364. The number of thiol groups is 1. The predicted molar refractivity (Wildman–Crippen MR) is 115 cm³/mol. The molecule has 5 nitrogen and oxygen atoms in total. The minimum atomic E-state index is -0.439. The van der Waals surface area contributed by atoms with Crippen LogP contribution < -0.4 is 16.4 Å². The minimum Gasteiger partial charge on any atom is -0.349 e. The lowest BCUT2D eigenvalue weighted by molar-refractivity contribution is -0.124. The third-order valence-corrected chi connectivity index (χ3v) is 5.48. The van der Waals surface area contributed by atoms with Gasteiger partial charge in [0.1, 0.15) is 0 Å². The summed E-state index contributed by atoms with van der Waals surface area (Å²) in [6.45, 7) is 0.881. The molecule has 28 heavy (non-hydrogen) atoms. The number of nitrogens with zero attached hydrogens (tertiary/aromatic N) is 1. The first kappa shape index (κ1) is 20.4. The van der Waals surface area contributed by atoms with Crippen LogP contribution in [0.3, 0.4) is 0 Å². The Morgan fingerprint density at radius 3 is 2.36 bits per heavy atom. The second kappa shape index (κ2) is 9.74. The highest BCUT2D eigenvalue weighted by Gasteiger charge is 2.25. The highest BCUT2D eigenvalue weighted by molar-refractivity contribution is 7.80. The molecule has 0 spiro atoms. The standard InChI is InChI=1S/C22H26N4OS/c23-14-16-6-10-18(11-7-16)17-8-4-15(5-9-17)13-20(21(24)28)26-22(27)19-3-1-2-12-25-19/h4-11,19-21,25,28H,1-3,12-13,24H2,(H,26,27)/t19-,20-,21?/m0/s1. The first-order valence-electron chi connectivity index (χ1n) is 9.63. The van der Waals surface area contributed by atoms with Gasteiger partial charge in [-0.1, -0.05) is 42.8 Å². The molecule has 0 aliphatic carbocycles. The Balaban J connectivity index is 1.64. The second-order valence-corrected chi connectivity index (χ2v) is 7.79. The Morgan fingerprint density at radius 1 is 1.18 bits per heavy atom. The molecular weight excluding hydrogens is 368 g/mol. The lowest BCUT2D eigenvalue weighted by Crippen LogP contribution is -2.53. The van der Waals surface area contributed by atoms with Crippen LogP contribution in [-0.2, 0) is 11.2 Å². The van der Waals surface area contributed by atoms with Crippen molar-refractivity contribution in [2.75, 3.05) is 6.54 Å². The first-order chi connectivity index (χ1) is 13.6. The highest BCUT2D eigenvalue weighted by Crippen LogP contribution is 2.21. The van der Waals surface area contributed by atoms with E-state index in [1.165, 1.54) is 0 Å². The van der Waals surface area contributed by atoms with E-state index in [4.69, 9.17) is 11.0 Å². The van der Waals surface area contributed by atoms with Crippen molar-refractivity contribution in [2.24, 2.45) is 5.73 Å². The molecule has 0 aromatic heterocycles. The molecule has 0 radical (unpaired) electrons. The Bertz CT molecular complexity index is 821. The summed E-state index contributed by atoms with van der Waals surface area (Å²) < 4.78 is 0. The van der Waals surface area contributed by atoms with Gasteiger partial charge < -0.3 is 16.4 Å². The topological polar surface area (TPSA) is 90.9 Å². The van der Waals surface area contributed by atoms with Gasteiger partial charge in [0.15, 0.2) is 0 Å². The van der Waals surface area contributed by atoms with Gasteiger partial charge in [0.2, 0.25) is 5.91 Å².